The predicted octanol–water partition coefficient (Wildman–Crippen LogP) is 2.58. The molecule has 0 saturated carbocycles. The normalized spacial score (nSPS) is 16.1. The van der Waals surface area contributed by atoms with Crippen LogP contribution in [0.25, 0.3) is 0 Å². The molecule has 2 rings (SSSR count). The number of hydrogen-bond donors (Lipinski definition) is 1. The Labute approximate surface area is 113 Å². The van der Waals surface area contributed by atoms with E-state index in [0.717, 1.165) is 19.5 Å². The number of halogens is 2. The van der Waals surface area contributed by atoms with E-state index in [4.69, 9.17) is 0 Å². The maximum Gasteiger partial charge on any atom is 0.129 e. The summed E-state index contributed by atoms with van der Waals surface area (Å²) in [5, 5.41) is 3.25. The van der Waals surface area contributed by atoms with Gasteiger partial charge in [0, 0.05) is 5.56 Å². The molecule has 4 heteroatoms. The molecule has 1 aliphatic rings. The molecule has 0 radical (unpaired) electrons. The first-order chi connectivity index (χ1) is 9.27. The van der Waals surface area contributed by atoms with Crippen LogP contribution in [0.4, 0.5) is 8.78 Å². The first kappa shape index (κ1) is 14.4. The van der Waals surface area contributed by atoms with Gasteiger partial charge in [-0.25, -0.2) is 8.78 Å². The number of benzene rings is 1. The van der Waals surface area contributed by atoms with E-state index in [2.05, 4.69) is 10.2 Å². The fraction of sp³-hybridized carbons (Fsp3) is 0.600. The van der Waals surface area contributed by atoms with Gasteiger partial charge < -0.3 is 10.2 Å². The summed E-state index contributed by atoms with van der Waals surface area (Å²) >= 11 is 0. The fourth-order valence-electron chi connectivity index (χ4n) is 2.54. The third-order valence-corrected chi connectivity index (χ3v) is 3.64. The molecule has 0 bridgehead atoms. The first-order valence-corrected chi connectivity index (χ1v) is 7.13. The van der Waals surface area contributed by atoms with Gasteiger partial charge in [-0.2, -0.15) is 0 Å². The van der Waals surface area contributed by atoms with Crippen molar-refractivity contribution < 1.29 is 8.78 Å². The Morgan fingerprint density at radius 1 is 1.05 bits per heavy atom. The topological polar surface area (TPSA) is 15.3 Å². The summed E-state index contributed by atoms with van der Waals surface area (Å²) in [5.74, 6) is -0.891. The smallest absolute Gasteiger partial charge is 0.129 e. The third kappa shape index (κ3) is 4.55. The second-order valence-electron chi connectivity index (χ2n) is 5.10. The lowest BCUT2D eigenvalue weighted by molar-refractivity contribution is 0.331. The molecule has 1 aliphatic heterocycles. The highest BCUT2D eigenvalue weighted by atomic mass is 19.1. The lowest BCUT2D eigenvalue weighted by Crippen LogP contribution is -2.26. The molecular formula is C15H22F2N2. The lowest BCUT2D eigenvalue weighted by Gasteiger charge is -2.14. The number of likely N-dealkylation sites (tertiary alicyclic amines) is 1. The molecule has 19 heavy (non-hydrogen) atoms. The molecule has 106 valence electrons. The standard InChI is InChI=1S/C15H22F2N2/c16-14-5-3-6-15(17)13(14)7-9-18-8-4-12-19-10-1-2-11-19/h3,5-6,18H,1-2,4,7-12H2. The van der Waals surface area contributed by atoms with E-state index in [0.29, 0.717) is 13.0 Å². The molecular weight excluding hydrogens is 246 g/mol. The van der Waals surface area contributed by atoms with Gasteiger partial charge >= 0.3 is 0 Å². The summed E-state index contributed by atoms with van der Waals surface area (Å²) in [7, 11) is 0. The minimum atomic E-state index is -0.445. The summed E-state index contributed by atoms with van der Waals surface area (Å²) in [4.78, 5) is 2.47. The minimum absolute atomic E-state index is 0.189. The molecule has 1 N–H and O–H groups in total. The van der Waals surface area contributed by atoms with Crippen molar-refractivity contribution in [1.82, 2.24) is 10.2 Å². The van der Waals surface area contributed by atoms with Crippen LogP contribution in [0.5, 0.6) is 0 Å². The Morgan fingerprint density at radius 2 is 1.74 bits per heavy atom. The van der Waals surface area contributed by atoms with Crippen molar-refractivity contribution in [3.63, 3.8) is 0 Å². The zero-order chi connectivity index (χ0) is 13.5. The predicted molar refractivity (Wildman–Crippen MR) is 73.2 cm³/mol. The number of rotatable bonds is 7. The number of nitrogens with zero attached hydrogens (tertiary/aromatic N) is 1. The van der Waals surface area contributed by atoms with Crippen LogP contribution in [0, 0.1) is 11.6 Å². The molecule has 0 atom stereocenters. The van der Waals surface area contributed by atoms with Crippen LogP contribution in [0.2, 0.25) is 0 Å². The molecule has 0 aliphatic carbocycles. The SMILES string of the molecule is Fc1cccc(F)c1CCNCCCN1CCCC1. The first-order valence-electron chi connectivity index (χ1n) is 7.13. The van der Waals surface area contributed by atoms with Gasteiger partial charge in [-0.1, -0.05) is 6.07 Å². The summed E-state index contributed by atoms with van der Waals surface area (Å²) in [6, 6.07) is 4.02. The van der Waals surface area contributed by atoms with E-state index in [1.165, 1.54) is 44.1 Å². The van der Waals surface area contributed by atoms with E-state index < -0.39 is 11.6 Å². The Balaban J connectivity index is 1.58. The van der Waals surface area contributed by atoms with Gasteiger partial charge in [-0.05, 0) is 70.5 Å². The second-order valence-corrected chi connectivity index (χ2v) is 5.10. The Bertz CT molecular complexity index is 369. The average molecular weight is 268 g/mol. The molecule has 0 unspecified atom stereocenters. The van der Waals surface area contributed by atoms with Crippen LogP contribution >= 0.6 is 0 Å². The molecule has 1 heterocycles. The van der Waals surface area contributed by atoms with Gasteiger partial charge in [0.15, 0.2) is 0 Å². The van der Waals surface area contributed by atoms with Gasteiger partial charge in [0.25, 0.3) is 0 Å². The van der Waals surface area contributed by atoms with E-state index in [-0.39, 0.29) is 5.56 Å². The summed E-state index contributed by atoms with van der Waals surface area (Å²) in [5.41, 5.74) is 0.189. The summed E-state index contributed by atoms with van der Waals surface area (Å²) < 4.78 is 26.7. The minimum Gasteiger partial charge on any atom is -0.316 e. The number of nitrogens with one attached hydrogen (secondary N) is 1. The van der Waals surface area contributed by atoms with Gasteiger partial charge in [-0.15, -0.1) is 0 Å². The van der Waals surface area contributed by atoms with Crippen molar-refractivity contribution in [3.8, 4) is 0 Å². The van der Waals surface area contributed by atoms with Crippen LogP contribution in [0.1, 0.15) is 24.8 Å². The highest BCUT2D eigenvalue weighted by molar-refractivity contribution is 5.19. The van der Waals surface area contributed by atoms with Crippen LogP contribution in [0.3, 0.4) is 0 Å². The largest absolute Gasteiger partial charge is 0.316 e. The average Bonchev–Trinajstić information content (AvgIpc) is 2.89. The van der Waals surface area contributed by atoms with Crippen LogP contribution in [-0.2, 0) is 6.42 Å². The Kier molecular flexibility index (Phi) is 5.73. The van der Waals surface area contributed by atoms with Crippen molar-refractivity contribution in [2.75, 3.05) is 32.7 Å². The second kappa shape index (κ2) is 7.56. The molecule has 2 nitrogen and oxygen atoms in total. The van der Waals surface area contributed by atoms with Gasteiger partial charge in [0.05, 0.1) is 0 Å². The van der Waals surface area contributed by atoms with Gasteiger partial charge in [-0.3, -0.25) is 0 Å². The quantitative estimate of drug-likeness (QED) is 0.765. The van der Waals surface area contributed by atoms with Gasteiger partial charge in [0.1, 0.15) is 11.6 Å². The molecule has 0 amide bonds. The Morgan fingerprint density at radius 3 is 2.42 bits per heavy atom. The molecule has 1 fully saturated rings. The Hall–Kier alpha value is -1.00. The monoisotopic (exact) mass is 268 g/mol. The van der Waals surface area contributed by atoms with E-state index in [1.807, 2.05) is 0 Å². The maximum atomic E-state index is 13.4. The third-order valence-electron chi connectivity index (χ3n) is 3.64. The maximum absolute atomic E-state index is 13.4. The van der Waals surface area contributed by atoms with Crippen LogP contribution < -0.4 is 5.32 Å². The molecule has 1 saturated heterocycles. The number of hydrogen-bond acceptors (Lipinski definition) is 2. The zero-order valence-electron chi connectivity index (χ0n) is 11.3. The molecule has 0 aromatic heterocycles. The van der Waals surface area contributed by atoms with Crippen molar-refractivity contribution in [1.29, 1.82) is 0 Å². The molecule has 0 spiro atoms. The van der Waals surface area contributed by atoms with Crippen LogP contribution in [-0.4, -0.2) is 37.6 Å². The molecule has 1 aromatic carbocycles. The van der Waals surface area contributed by atoms with Crippen molar-refractivity contribution in [2.24, 2.45) is 0 Å². The van der Waals surface area contributed by atoms with Crippen molar-refractivity contribution >= 4 is 0 Å². The lowest BCUT2D eigenvalue weighted by atomic mass is 10.1. The summed E-state index contributed by atoms with van der Waals surface area (Å²) in [6.07, 6.45) is 4.14. The van der Waals surface area contributed by atoms with Gasteiger partial charge in [0.2, 0.25) is 0 Å². The highest BCUT2D eigenvalue weighted by Crippen LogP contribution is 2.12. The zero-order valence-corrected chi connectivity index (χ0v) is 11.3. The van der Waals surface area contributed by atoms with Crippen LogP contribution in [0.15, 0.2) is 18.2 Å². The van der Waals surface area contributed by atoms with E-state index in [1.54, 1.807) is 0 Å². The highest BCUT2D eigenvalue weighted by Gasteiger charge is 2.10. The van der Waals surface area contributed by atoms with E-state index >= 15 is 0 Å². The molecule has 1 aromatic rings. The summed E-state index contributed by atoms with van der Waals surface area (Å²) in [6.45, 7) is 5.10. The van der Waals surface area contributed by atoms with Crippen molar-refractivity contribution in [3.05, 3.63) is 35.4 Å². The van der Waals surface area contributed by atoms with E-state index in [9.17, 15) is 8.78 Å². The fourth-order valence-corrected chi connectivity index (χ4v) is 2.54. The van der Waals surface area contributed by atoms with Crippen molar-refractivity contribution in [2.45, 2.75) is 25.7 Å².